The van der Waals surface area contributed by atoms with E-state index in [4.69, 9.17) is 9.47 Å². The van der Waals surface area contributed by atoms with Crippen LogP contribution >= 0.6 is 0 Å². The van der Waals surface area contributed by atoms with E-state index in [1.807, 2.05) is 6.07 Å². The first-order valence-electron chi connectivity index (χ1n) is 7.91. The lowest BCUT2D eigenvalue weighted by Crippen LogP contribution is -2.33. The predicted molar refractivity (Wildman–Crippen MR) is 84.0 cm³/mol. The van der Waals surface area contributed by atoms with Gasteiger partial charge in [0, 0.05) is 31.2 Å². The standard InChI is InChI=1S/C17H26N2O2/c1-12-8-14(11-19(12)15-5-6-15)18-10-13-4-7-16(20-2)17(9-13)21-3/h4,7,9,12,14-15,18H,5-6,8,10-11H2,1-3H3. The second kappa shape index (κ2) is 6.24. The average Bonchev–Trinajstić information content (AvgIpc) is 3.28. The molecule has 1 N–H and O–H groups in total. The van der Waals surface area contributed by atoms with E-state index in [1.165, 1.54) is 31.4 Å². The van der Waals surface area contributed by atoms with Gasteiger partial charge in [0.2, 0.25) is 0 Å². The van der Waals surface area contributed by atoms with Gasteiger partial charge in [-0.25, -0.2) is 0 Å². The van der Waals surface area contributed by atoms with Gasteiger partial charge in [-0.05, 0) is 43.9 Å². The lowest BCUT2D eigenvalue weighted by Gasteiger charge is -2.19. The third kappa shape index (κ3) is 3.33. The topological polar surface area (TPSA) is 33.7 Å². The van der Waals surface area contributed by atoms with E-state index >= 15 is 0 Å². The number of rotatable bonds is 6. The molecule has 116 valence electrons. The number of hydrogen-bond donors (Lipinski definition) is 1. The highest BCUT2D eigenvalue weighted by Crippen LogP contribution is 2.33. The number of benzene rings is 1. The lowest BCUT2D eigenvalue weighted by atomic mass is 10.1. The van der Waals surface area contributed by atoms with Crippen LogP contribution in [0.15, 0.2) is 18.2 Å². The molecule has 1 heterocycles. The number of likely N-dealkylation sites (tertiary alicyclic amines) is 1. The SMILES string of the molecule is COc1ccc(CNC2CC(C)N(C3CC3)C2)cc1OC. The molecule has 2 atom stereocenters. The molecular weight excluding hydrogens is 264 g/mol. The molecule has 3 rings (SSSR count). The van der Waals surface area contributed by atoms with Gasteiger partial charge in [0.25, 0.3) is 0 Å². The molecule has 1 aromatic rings. The molecular formula is C17H26N2O2. The van der Waals surface area contributed by atoms with E-state index in [2.05, 4.69) is 29.3 Å². The Balaban J connectivity index is 1.55. The van der Waals surface area contributed by atoms with Crippen LogP contribution in [0.25, 0.3) is 0 Å². The predicted octanol–water partition coefficient (Wildman–Crippen LogP) is 2.42. The molecule has 2 fully saturated rings. The molecule has 21 heavy (non-hydrogen) atoms. The van der Waals surface area contributed by atoms with Crippen molar-refractivity contribution in [2.24, 2.45) is 0 Å². The van der Waals surface area contributed by atoms with Gasteiger partial charge >= 0.3 is 0 Å². The van der Waals surface area contributed by atoms with Crippen molar-refractivity contribution in [1.82, 2.24) is 10.2 Å². The summed E-state index contributed by atoms with van der Waals surface area (Å²) in [5.41, 5.74) is 1.24. The molecule has 4 heteroatoms. The Morgan fingerprint density at radius 3 is 2.62 bits per heavy atom. The van der Waals surface area contributed by atoms with Crippen LogP contribution in [-0.2, 0) is 6.54 Å². The molecule has 0 radical (unpaired) electrons. The first kappa shape index (κ1) is 14.7. The summed E-state index contributed by atoms with van der Waals surface area (Å²) < 4.78 is 10.6. The zero-order chi connectivity index (χ0) is 14.8. The van der Waals surface area contributed by atoms with Crippen molar-refractivity contribution in [2.45, 2.75) is 50.9 Å². The Morgan fingerprint density at radius 1 is 1.19 bits per heavy atom. The summed E-state index contributed by atoms with van der Waals surface area (Å²) in [5.74, 6) is 1.59. The Bertz CT molecular complexity index is 488. The zero-order valence-electron chi connectivity index (χ0n) is 13.3. The van der Waals surface area contributed by atoms with Crippen LogP contribution in [0, 0.1) is 0 Å². The third-order valence-electron chi connectivity index (χ3n) is 4.68. The van der Waals surface area contributed by atoms with Crippen LogP contribution in [0.1, 0.15) is 31.7 Å². The molecule has 2 unspecified atom stereocenters. The van der Waals surface area contributed by atoms with Crippen molar-refractivity contribution < 1.29 is 9.47 Å². The van der Waals surface area contributed by atoms with Crippen LogP contribution < -0.4 is 14.8 Å². The smallest absolute Gasteiger partial charge is 0.161 e. The van der Waals surface area contributed by atoms with Gasteiger partial charge in [-0.2, -0.15) is 0 Å². The van der Waals surface area contributed by atoms with Gasteiger partial charge in [0.1, 0.15) is 0 Å². The molecule has 2 aliphatic rings. The number of hydrogen-bond acceptors (Lipinski definition) is 4. The Kier molecular flexibility index (Phi) is 4.36. The van der Waals surface area contributed by atoms with E-state index in [9.17, 15) is 0 Å². The molecule has 0 amide bonds. The summed E-state index contributed by atoms with van der Waals surface area (Å²) in [4.78, 5) is 2.67. The summed E-state index contributed by atoms with van der Waals surface area (Å²) in [5, 5.41) is 3.69. The molecule has 1 aromatic carbocycles. The van der Waals surface area contributed by atoms with Gasteiger partial charge in [-0.3, -0.25) is 4.90 Å². The molecule has 0 spiro atoms. The number of methoxy groups -OCH3 is 2. The number of ether oxygens (including phenoxy) is 2. The monoisotopic (exact) mass is 290 g/mol. The molecule has 0 bridgehead atoms. The van der Waals surface area contributed by atoms with Crippen LogP contribution in [0.2, 0.25) is 0 Å². The highest BCUT2D eigenvalue weighted by Gasteiger charge is 2.38. The van der Waals surface area contributed by atoms with Gasteiger partial charge in [0.15, 0.2) is 11.5 Å². The van der Waals surface area contributed by atoms with Crippen molar-refractivity contribution in [3.05, 3.63) is 23.8 Å². The van der Waals surface area contributed by atoms with Crippen LogP contribution in [0.3, 0.4) is 0 Å². The van der Waals surface area contributed by atoms with E-state index in [1.54, 1.807) is 14.2 Å². The number of nitrogens with one attached hydrogen (secondary N) is 1. The molecule has 1 saturated heterocycles. The van der Waals surface area contributed by atoms with Crippen molar-refractivity contribution in [3.8, 4) is 11.5 Å². The van der Waals surface area contributed by atoms with Crippen molar-refractivity contribution in [3.63, 3.8) is 0 Å². The second-order valence-corrected chi connectivity index (χ2v) is 6.28. The lowest BCUT2D eigenvalue weighted by molar-refractivity contribution is 0.255. The first-order chi connectivity index (χ1) is 10.2. The van der Waals surface area contributed by atoms with E-state index in [0.29, 0.717) is 6.04 Å². The fourth-order valence-electron chi connectivity index (χ4n) is 3.37. The molecule has 1 aliphatic heterocycles. The Hall–Kier alpha value is -1.26. The summed E-state index contributed by atoms with van der Waals surface area (Å²) in [7, 11) is 3.35. The Labute approximate surface area is 127 Å². The normalized spacial score (nSPS) is 26.0. The van der Waals surface area contributed by atoms with E-state index in [-0.39, 0.29) is 0 Å². The summed E-state index contributed by atoms with van der Waals surface area (Å²) in [6, 6.07) is 8.33. The maximum Gasteiger partial charge on any atom is 0.161 e. The quantitative estimate of drug-likeness (QED) is 0.872. The fourth-order valence-corrected chi connectivity index (χ4v) is 3.37. The van der Waals surface area contributed by atoms with E-state index < -0.39 is 0 Å². The van der Waals surface area contributed by atoms with Crippen molar-refractivity contribution in [2.75, 3.05) is 20.8 Å². The molecule has 0 aromatic heterocycles. The molecule has 1 saturated carbocycles. The highest BCUT2D eigenvalue weighted by molar-refractivity contribution is 5.42. The minimum absolute atomic E-state index is 0.605. The van der Waals surface area contributed by atoms with Crippen LogP contribution in [0.4, 0.5) is 0 Å². The van der Waals surface area contributed by atoms with Gasteiger partial charge in [0.05, 0.1) is 14.2 Å². The summed E-state index contributed by atoms with van der Waals surface area (Å²) in [6.45, 7) is 4.44. The minimum Gasteiger partial charge on any atom is -0.493 e. The fraction of sp³-hybridized carbons (Fsp3) is 0.647. The minimum atomic E-state index is 0.605. The zero-order valence-corrected chi connectivity index (χ0v) is 13.3. The summed E-state index contributed by atoms with van der Waals surface area (Å²) in [6.07, 6.45) is 4.04. The summed E-state index contributed by atoms with van der Waals surface area (Å²) >= 11 is 0. The first-order valence-corrected chi connectivity index (χ1v) is 7.91. The maximum absolute atomic E-state index is 5.36. The molecule has 1 aliphatic carbocycles. The third-order valence-corrected chi connectivity index (χ3v) is 4.68. The van der Waals surface area contributed by atoms with Gasteiger partial charge in [-0.15, -0.1) is 0 Å². The maximum atomic E-state index is 5.36. The van der Waals surface area contributed by atoms with Crippen molar-refractivity contribution >= 4 is 0 Å². The largest absolute Gasteiger partial charge is 0.493 e. The van der Waals surface area contributed by atoms with Crippen LogP contribution in [0.5, 0.6) is 11.5 Å². The highest BCUT2D eigenvalue weighted by atomic mass is 16.5. The Morgan fingerprint density at radius 2 is 1.95 bits per heavy atom. The molecule has 4 nitrogen and oxygen atoms in total. The van der Waals surface area contributed by atoms with E-state index in [0.717, 1.165) is 30.1 Å². The average molecular weight is 290 g/mol. The van der Waals surface area contributed by atoms with Crippen molar-refractivity contribution in [1.29, 1.82) is 0 Å². The van der Waals surface area contributed by atoms with Crippen LogP contribution in [-0.4, -0.2) is 43.8 Å². The second-order valence-electron chi connectivity index (χ2n) is 6.28. The van der Waals surface area contributed by atoms with Gasteiger partial charge < -0.3 is 14.8 Å². The van der Waals surface area contributed by atoms with Gasteiger partial charge in [-0.1, -0.05) is 6.07 Å². The number of nitrogens with zero attached hydrogens (tertiary/aromatic N) is 1.